The molecule has 1 rings (SSSR count). The summed E-state index contributed by atoms with van der Waals surface area (Å²) in [6, 6.07) is 5.43. The van der Waals surface area contributed by atoms with Gasteiger partial charge >= 0.3 is 0 Å². The minimum Gasteiger partial charge on any atom is -0.308 e. The third kappa shape index (κ3) is 2.66. The monoisotopic (exact) mass is 219 g/mol. The number of halogens is 3. The maximum Gasteiger partial charge on any atom is 0.264 e. The Morgan fingerprint density at radius 3 is 2.14 bits per heavy atom. The van der Waals surface area contributed by atoms with Gasteiger partial charge in [-0.25, -0.2) is 8.78 Å². The summed E-state index contributed by atoms with van der Waals surface area (Å²) in [7, 11) is 1.51. The molecular weight excluding hydrogens is 208 g/mol. The van der Waals surface area contributed by atoms with E-state index in [1.165, 1.54) is 7.05 Å². The fourth-order valence-electron chi connectivity index (χ4n) is 1.37. The molecule has 0 saturated heterocycles. The van der Waals surface area contributed by atoms with E-state index in [0.717, 1.165) is 6.92 Å². The van der Waals surface area contributed by atoms with Crippen LogP contribution < -0.4 is 5.32 Å². The predicted octanol–water partition coefficient (Wildman–Crippen LogP) is 3.26. The van der Waals surface area contributed by atoms with Gasteiger partial charge in [-0.3, -0.25) is 0 Å². The molecule has 0 aliphatic carbocycles. The molecule has 14 heavy (non-hydrogen) atoms. The van der Waals surface area contributed by atoms with E-state index < -0.39 is 12.0 Å². The first kappa shape index (κ1) is 11.4. The Bertz CT molecular complexity index is 292. The standard InChI is InChI=1S/C10H12ClF2N/c1-10(12,13)9(14-2)7-3-5-8(11)6-4-7/h3-6,9,14H,1-2H3. The van der Waals surface area contributed by atoms with Gasteiger partial charge in [0, 0.05) is 11.9 Å². The molecule has 0 spiro atoms. The second-order valence-corrected chi connectivity index (χ2v) is 3.67. The van der Waals surface area contributed by atoms with Gasteiger partial charge in [-0.1, -0.05) is 23.7 Å². The van der Waals surface area contributed by atoms with Gasteiger partial charge in [-0.05, 0) is 24.7 Å². The molecular formula is C10H12ClF2N. The van der Waals surface area contributed by atoms with Crippen molar-refractivity contribution in [3.05, 3.63) is 34.9 Å². The van der Waals surface area contributed by atoms with Crippen LogP contribution in [-0.2, 0) is 0 Å². The Kier molecular flexibility index (Phi) is 3.45. The van der Waals surface area contributed by atoms with Crippen LogP contribution in [0, 0.1) is 0 Å². The summed E-state index contributed by atoms with van der Waals surface area (Å²) in [6.07, 6.45) is 0. The van der Waals surface area contributed by atoms with Crippen molar-refractivity contribution in [3.63, 3.8) is 0 Å². The summed E-state index contributed by atoms with van der Waals surface area (Å²) in [5.41, 5.74) is 0.532. The highest BCUT2D eigenvalue weighted by Crippen LogP contribution is 2.30. The maximum atomic E-state index is 13.1. The van der Waals surface area contributed by atoms with Crippen molar-refractivity contribution < 1.29 is 8.78 Å². The fourth-order valence-corrected chi connectivity index (χ4v) is 1.49. The lowest BCUT2D eigenvalue weighted by Gasteiger charge is -2.23. The zero-order valence-corrected chi connectivity index (χ0v) is 8.78. The van der Waals surface area contributed by atoms with E-state index in [4.69, 9.17) is 11.6 Å². The molecule has 1 N–H and O–H groups in total. The van der Waals surface area contributed by atoms with Crippen LogP contribution in [0.25, 0.3) is 0 Å². The molecule has 1 unspecified atom stereocenters. The Morgan fingerprint density at radius 1 is 1.29 bits per heavy atom. The van der Waals surface area contributed by atoms with Gasteiger partial charge in [0.25, 0.3) is 5.92 Å². The average Bonchev–Trinajstić information content (AvgIpc) is 2.07. The summed E-state index contributed by atoms with van der Waals surface area (Å²) in [5, 5.41) is 3.13. The third-order valence-electron chi connectivity index (χ3n) is 2.00. The van der Waals surface area contributed by atoms with Gasteiger partial charge < -0.3 is 5.32 Å². The Hall–Kier alpha value is -0.670. The molecule has 0 aliphatic rings. The summed E-state index contributed by atoms with van der Waals surface area (Å²) >= 11 is 5.67. The molecule has 0 bridgehead atoms. The molecule has 1 aromatic rings. The van der Waals surface area contributed by atoms with Crippen molar-refractivity contribution in [2.45, 2.75) is 18.9 Å². The number of alkyl halides is 2. The molecule has 0 amide bonds. The number of hydrogen-bond acceptors (Lipinski definition) is 1. The largest absolute Gasteiger partial charge is 0.308 e. The lowest BCUT2D eigenvalue weighted by Crippen LogP contribution is -2.32. The summed E-state index contributed by atoms with van der Waals surface area (Å²) < 4.78 is 26.2. The highest BCUT2D eigenvalue weighted by molar-refractivity contribution is 6.30. The molecule has 1 atom stereocenters. The highest BCUT2D eigenvalue weighted by atomic mass is 35.5. The average molecular weight is 220 g/mol. The Labute approximate surface area is 87.1 Å². The Morgan fingerprint density at radius 2 is 1.79 bits per heavy atom. The van der Waals surface area contributed by atoms with E-state index in [9.17, 15) is 8.78 Å². The molecule has 0 saturated carbocycles. The molecule has 0 aromatic heterocycles. The zero-order chi connectivity index (χ0) is 10.8. The number of benzene rings is 1. The zero-order valence-electron chi connectivity index (χ0n) is 8.02. The van der Waals surface area contributed by atoms with Crippen LogP contribution in [0.5, 0.6) is 0 Å². The summed E-state index contributed by atoms with van der Waals surface area (Å²) in [4.78, 5) is 0. The summed E-state index contributed by atoms with van der Waals surface area (Å²) in [6.45, 7) is 0.892. The molecule has 1 nitrogen and oxygen atoms in total. The lowest BCUT2D eigenvalue weighted by atomic mass is 10.0. The molecule has 0 radical (unpaired) electrons. The normalized spacial score (nSPS) is 14.1. The first-order chi connectivity index (χ1) is 6.45. The van der Waals surface area contributed by atoms with Crippen LogP contribution in [0.3, 0.4) is 0 Å². The fraction of sp³-hybridized carbons (Fsp3) is 0.400. The van der Waals surface area contributed by atoms with E-state index in [1.807, 2.05) is 0 Å². The number of rotatable bonds is 3. The first-order valence-electron chi connectivity index (χ1n) is 4.25. The molecule has 78 valence electrons. The van der Waals surface area contributed by atoms with Gasteiger partial charge in [-0.15, -0.1) is 0 Å². The van der Waals surface area contributed by atoms with Crippen LogP contribution in [0.15, 0.2) is 24.3 Å². The van der Waals surface area contributed by atoms with Crippen molar-refractivity contribution in [1.82, 2.24) is 5.32 Å². The maximum absolute atomic E-state index is 13.1. The number of hydrogen-bond donors (Lipinski definition) is 1. The van der Waals surface area contributed by atoms with Gasteiger partial charge in [0.15, 0.2) is 0 Å². The quantitative estimate of drug-likeness (QED) is 0.823. The smallest absolute Gasteiger partial charge is 0.264 e. The molecule has 0 fully saturated rings. The van der Waals surface area contributed by atoms with Gasteiger partial charge in [0.2, 0.25) is 0 Å². The minimum absolute atomic E-state index is 0.532. The minimum atomic E-state index is -2.79. The Balaban J connectivity index is 2.96. The van der Waals surface area contributed by atoms with E-state index in [1.54, 1.807) is 24.3 Å². The predicted molar refractivity (Wildman–Crippen MR) is 53.9 cm³/mol. The van der Waals surface area contributed by atoms with Crippen molar-refractivity contribution in [2.75, 3.05) is 7.05 Å². The number of nitrogens with one attached hydrogen (secondary N) is 1. The van der Waals surface area contributed by atoms with E-state index in [2.05, 4.69) is 5.32 Å². The van der Waals surface area contributed by atoms with Crippen molar-refractivity contribution in [3.8, 4) is 0 Å². The SMILES string of the molecule is CNC(c1ccc(Cl)cc1)C(C)(F)F. The molecule has 4 heteroatoms. The van der Waals surface area contributed by atoms with E-state index >= 15 is 0 Å². The van der Waals surface area contributed by atoms with Crippen LogP contribution in [-0.4, -0.2) is 13.0 Å². The molecule has 0 aliphatic heterocycles. The second kappa shape index (κ2) is 4.24. The van der Waals surface area contributed by atoms with Gasteiger partial charge in [0.1, 0.15) is 0 Å². The van der Waals surface area contributed by atoms with Crippen molar-refractivity contribution in [2.24, 2.45) is 0 Å². The molecule has 1 aromatic carbocycles. The van der Waals surface area contributed by atoms with Gasteiger partial charge in [0.05, 0.1) is 6.04 Å². The van der Waals surface area contributed by atoms with Crippen molar-refractivity contribution >= 4 is 11.6 Å². The lowest BCUT2D eigenvalue weighted by molar-refractivity contribution is -0.0169. The van der Waals surface area contributed by atoms with Gasteiger partial charge in [-0.2, -0.15) is 0 Å². The third-order valence-corrected chi connectivity index (χ3v) is 2.25. The first-order valence-corrected chi connectivity index (χ1v) is 4.63. The molecule has 0 heterocycles. The van der Waals surface area contributed by atoms with Crippen LogP contribution in [0.2, 0.25) is 5.02 Å². The van der Waals surface area contributed by atoms with Crippen LogP contribution in [0.1, 0.15) is 18.5 Å². The van der Waals surface area contributed by atoms with E-state index in [-0.39, 0.29) is 0 Å². The second-order valence-electron chi connectivity index (χ2n) is 3.23. The van der Waals surface area contributed by atoms with Crippen LogP contribution in [0.4, 0.5) is 8.78 Å². The van der Waals surface area contributed by atoms with Crippen LogP contribution >= 0.6 is 11.6 Å². The highest BCUT2D eigenvalue weighted by Gasteiger charge is 2.33. The van der Waals surface area contributed by atoms with E-state index in [0.29, 0.717) is 10.6 Å². The van der Waals surface area contributed by atoms with Crippen molar-refractivity contribution in [1.29, 1.82) is 0 Å². The topological polar surface area (TPSA) is 12.0 Å². The summed E-state index contributed by atoms with van der Waals surface area (Å²) in [5.74, 6) is -2.79.